The van der Waals surface area contributed by atoms with Gasteiger partial charge in [-0.3, -0.25) is 4.79 Å². The number of hydrogen-bond acceptors (Lipinski definition) is 3. The molecule has 0 unspecified atom stereocenters. The zero-order valence-corrected chi connectivity index (χ0v) is 7.69. The van der Waals surface area contributed by atoms with E-state index < -0.39 is 5.91 Å². The van der Waals surface area contributed by atoms with Crippen molar-refractivity contribution in [3.8, 4) is 5.75 Å². The van der Waals surface area contributed by atoms with Crippen LogP contribution in [0.3, 0.4) is 0 Å². The summed E-state index contributed by atoms with van der Waals surface area (Å²) >= 11 is 0. The first-order chi connectivity index (χ1) is 6.63. The van der Waals surface area contributed by atoms with Crippen molar-refractivity contribution in [3.05, 3.63) is 47.1 Å². The smallest absolute Gasteiger partial charge is 0.351 e. The third-order valence-corrected chi connectivity index (χ3v) is 1.58. The van der Waals surface area contributed by atoms with Crippen LogP contribution in [0.2, 0.25) is 0 Å². The normalized spacial score (nSPS) is 9.21. The van der Waals surface area contributed by atoms with Crippen LogP contribution in [0.1, 0.15) is 5.56 Å². The molecule has 0 aliphatic carbocycles. The van der Waals surface area contributed by atoms with E-state index in [1.54, 1.807) is 12.1 Å². The molecule has 0 aliphatic heterocycles. The van der Waals surface area contributed by atoms with E-state index in [-0.39, 0.29) is 5.76 Å². The van der Waals surface area contributed by atoms with Gasteiger partial charge in [-0.25, -0.2) is 0 Å². The highest BCUT2D eigenvalue weighted by Crippen LogP contribution is 2.14. The lowest BCUT2D eigenvalue weighted by molar-refractivity contribution is -0.116. The van der Waals surface area contributed by atoms with Crippen molar-refractivity contribution < 1.29 is 9.53 Å². The lowest BCUT2D eigenvalue weighted by atomic mass is 10.2. The van der Waals surface area contributed by atoms with Crippen molar-refractivity contribution in [2.45, 2.75) is 6.92 Å². The van der Waals surface area contributed by atoms with Gasteiger partial charge in [0.1, 0.15) is 5.75 Å². The van der Waals surface area contributed by atoms with Gasteiger partial charge in [-0.05, 0) is 25.6 Å². The molecule has 0 radical (unpaired) electrons. The molecule has 0 saturated heterocycles. The highest BCUT2D eigenvalue weighted by molar-refractivity contribution is 5.91. The van der Waals surface area contributed by atoms with Crippen molar-refractivity contribution >= 4 is 5.91 Å². The minimum Gasteiger partial charge on any atom is -0.452 e. The number of benzene rings is 1. The van der Waals surface area contributed by atoms with Gasteiger partial charge in [0, 0.05) is 5.18 Å². The minimum atomic E-state index is -0.995. The van der Waals surface area contributed by atoms with Crippen molar-refractivity contribution in [3.63, 3.8) is 0 Å². The topological polar surface area (TPSA) is 55.7 Å². The van der Waals surface area contributed by atoms with E-state index in [0.29, 0.717) is 5.75 Å². The van der Waals surface area contributed by atoms with Gasteiger partial charge in [-0.15, -0.1) is 4.91 Å². The third kappa shape index (κ3) is 2.52. The van der Waals surface area contributed by atoms with Gasteiger partial charge >= 0.3 is 5.91 Å². The maximum atomic E-state index is 10.7. The molecule has 4 nitrogen and oxygen atoms in total. The van der Waals surface area contributed by atoms with Gasteiger partial charge in [-0.2, -0.15) is 0 Å². The second-order valence-corrected chi connectivity index (χ2v) is 2.73. The van der Waals surface area contributed by atoms with Crippen molar-refractivity contribution in [2.24, 2.45) is 5.18 Å². The van der Waals surface area contributed by atoms with Crippen LogP contribution in [0.15, 0.2) is 41.8 Å². The third-order valence-electron chi connectivity index (χ3n) is 1.58. The molecular weight excluding hydrogens is 182 g/mol. The van der Waals surface area contributed by atoms with Gasteiger partial charge in [0.05, 0.1) is 0 Å². The Balaban J connectivity index is 2.70. The molecule has 0 atom stereocenters. The van der Waals surface area contributed by atoms with E-state index in [1.165, 1.54) is 0 Å². The molecule has 1 rings (SSSR count). The highest BCUT2D eigenvalue weighted by Gasteiger charge is 2.08. The number of aryl methyl sites for hydroxylation is 1. The molecule has 72 valence electrons. The van der Waals surface area contributed by atoms with Crippen LogP contribution in [-0.4, -0.2) is 5.91 Å². The molecule has 0 aromatic heterocycles. The number of nitroso groups, excluding NO2 is 1. The Morgan fingerprint density at radius 2 is 1.93 bits per heavy atom. The zero-order valence-electron chi connectivity index (χ0n) is 7.69. The molecule has 0 fully saturated rings. The number of hydrogen-bond donors (Lipinski definition) is 0. The molecule has 0 bridgehead atoms. The summed E-state index contributed by atoms with van der Waals surface area (Å²) in [6, 6.07) is 7.00. The second kappa shape index (κ2) is 4.32. The van der Waals surface area contributed by atoms with Crippen LogP contribution in [0.5, 0.6) is 5.75 Å². The summed E-state index contributed by atoms with van der Waals surface area (Å²) in [4.78, 5) is 20.5. The largest absolute Gasteiger partial charge is 0.452 e. The average molecular weight is 191 g/mol. The molecule has 14 heavy (non-hydrogen) atoms. The zero-order chi connectivity index (χ0) is 10.6. The standard InChI is InChI=1S/C10H9NO3/c1-7-3-5-9(6-4-7)14-8(2)10(12)11-13/h3-6H,2H2,1H3. The Hall–Kier alpha value is -1.97. The summed E-state index contributed by atoms with van der Waals surface area (Å²) in [6.45, 7) is 5.20. The summed E-state index contributed by atoms with van der Waals surface area (Å²) in [7, 11) is 0. The van der Waals surface area contributed by atoms with E-state index in [2.05, 4.69) is 11.8 Å². The van der Waals surface area contributed by atoms with Crippen molar-refractivity contribution in [1.29, 1.82) is 0 Å². The van der Waals surface area contributed by atoms with Crippen molar-refractivity contribution in [1.82, 2.24) is 0 Å². The van der Waals surface area contributed by atoms with E-state index in [0.717, 1.165) is 5.56 Å². The molecule has 0 N–H and O–H groups in total. The predicted octanol–water partition coefficient (Wildman–Crippen LogP) is 2.18. The fourth-order valence-electron chi connectivity index (χ4n) is 0.843. The first-order valence-electron chi connectivity index (χ1n) is 3.94. The number of carbonyl (C=O) groups excluding carboxylic acids is 1. The molecule has 1 amide bonds. The molecule has 1 aromatic rings. The van der Waals surface area contributed by atoms with Crippen LogP contribution >= 0.6 is 0 Å². The van der Waals surface area contributed by atoms with Gasteiger partial charge in [0.2, 0.25) is 0 Å². The summed E-state index contributed by atoms with van der Waals surface area (Å²) in [5.41, 5.74) is 1.07. The first kappa shape index (κ1) is 10.1. The Labute approximate surface area is 81.2 Å². The van der Waals surface area contributed by atoms with Gasteiger partial charge in [-0.1, -0.05) is 17.7 Å². The van der Waals surface area contributed by atoms with Gasteiger partial charge < -0.3 is 4.74 Å². The molecule has 0 aliphatic rings. The molecule has 4 heteroatoms. The summed E-state index contributed by atoms with van der Waals surface area (Å²) in [5.74, 6) is -0.813. The van der Waals surface area contributed by atoms with Crippen molar-refractivity contribution in [2.75, 3.05) is 0 Å². The fraction of sp³-hybridized carbons (Fsp3) is 0.100. The predicted molar refractivity (Wildman–Crippen MR) is 51.7 cm³/mol. The quantitative estimate of drug-likeness (QED) is 0.418. The molecule has 1 aromatic carbocycles. The monoisotopic (exact) mass is 191 g/mol. The van der Waals surface area contributed by atoms with Crippen LogP contribution in [0, 0.1) is 11.8 Å². The van der Waals surface area contributed by atoms with Crippen LogP contribution in [-0.2, 0) is 4.79 Å². The van der Waals surface area contributed by atoms with E-state index >= 15 is 0 Å². The number of ether oxygens (including phenoxy) is 1. The molecular formula is C10H9NO3. The minimum absolute atomic E-state index is 0.274. The fourth-order valence-corrected chi connectivity index (χ4v) is 0.843. The highest BCUT2D eigenvalue weighted by atomic mass is 16.5. The Morgan fingerprint density at radius 3 is 2.43 bits per heavy atom. The molecule has 0 heterocycles. The number of carbonyl (C=O) groups is 1. The summed E-state index contributed by atoms with van der Waals surface area (Å²) in [5, 5.41) is 2.19. The van der Waals surface area contributed by atoms with E-state index in [1.807, 2.05) is 19.1 Å². The van der Waals surface area contributed by atoms with Crippen LogP contribution in [0.4, 0.5) is 0 Å². The number of rotatable bonds is 3. The second-order valence-electron chi connectivity index (χ2n) is 2.73. The maximum absolute atomic E-state index is 10.7. The van der Waals surface area contributed by atoms with Gasteiger partial charge in [0.15, 0.2) is 5.76 Å². The first-order valence-corrected chi connectivity index (χ1v) is 3.94. The molecule has 0 spiro atoms. The Kier molecular flexibility index (Phi) is 3.12. The number of amides is 1. The van der Waals surface area contributed by atoms with Crippen LogP contribution < -0.4 is 4.74 Å². The Morgan fingerprint density at radius 1 is 1.36 bits per heavy atom. The SMILES string of the molecule is C=C(Oc1ccc(C)cc1)C(=O)N=O. The van der Waals surface area contributed by atoms with E-state index in [4.69, 9.17) is 4.74 Å². The van der Waals surface area contributed by atoms with E-state index in [9.17, 15) is 9.70 Å². The summed E-state index contributed by atoms with van der Waals surface area (Å²) in [6.07, 6.45) is 0. The average Bonchev–Trinajstić information content (AvgIpc) is 2.20. The maximum Gasteiger partial charge on any atom is 0.351 e. The van der Waals surface area contributed by atoms with Crippen LogP contribution in [0.25, 0.3) is 0 Å². The van der Waals surface area contributed by atoms with Gasteiger partial charge in [0.25, 0.3) is 0 Å². The Bertz CT molecular complexity index is 367. The molecule has 0 saturated carbocycles. The summed E-state index contributed by atoms with van der Waals surface area (Å²) < 4.78 is 4.98. The number of nitrogens with zero attached hydrogens (tertiary/aromatic N) is 1. The lowest BCUT2D eigenvalue weighted by Gasteiger charge is -2.03. The lowest BCUT2D eigenvalue weighted by Crippen LogP contribution is -2.03.